The summed E-state index contributed by atoms with van der Waals surface area (Å²) in [6.45, 7) is 6.43. The number of pyridine rings is 1. The molecule has 3 heterocycles. The fourth-order valence-electron chi connectivity index (χ4n) is 3.90. The van der Waals surface area contributed by atoms with E-state index in [1.54, 1.807) is 12.3 Å². The number of nitro groups is 1. The number of hydrogen-bond acceptors (Lipinski definition) is 5. The molecule has 0 unspecified atom stereocenters. The predicted molar refractivity (Wildman–Crippen MR) is 92.9 cm³/mol. The fraction of sp³-hybridized carbons (Fsp3) is 0.588. The van der Waals surface area contributed by atoms with E-state index >= 15 is 0 Å². The predicted octanol–water partition coefficient (Wildman–Crippen LogP) is 3.51. The topological polar surface area (TPSA) is 62.5 Å². The Bertz CT molecular complexity index is 646. The second kappa shape index (κ2) is 6.97. The monoisotopic (exact) mass is 350 g/mol. The quantitative estimate of drug-likeness (QED) is 0.462. The number of fused-ring (bicyclic) bond motifs is 1. The molecule has 1 aromatic heterocycles. The molecule has 6 nitrogen and oxygen atoms in total. The van der Waals surface area contributed by atoms with Crippen LogP contribution in [0.3, 0.4) is 0 Å². The van der Waals surface area contributed by atoms with Gasteiger partial charge in [-0.2, -0.15) is 0 Å². The molecule has 0 amide bonds. The van der Waals surface area contributed by atoms with Crippen LogP contribution in [0.5, 0.6) is 0 Å². The van der Waals surface area contributed by atoms with Crippen LogP contribution >= 0.6 is 11.6 Å². The average molecular weight is 351 g/mol. The summed E-state index contributed by atoms with van der Waals surface area (Å²) in [5.41, 5.74) is 1.38. The lowest BCUT2D eigenvalue weighted by atomic mass is 9.91. The van der Waals surface area contributed by atoms with Gasteiger partial charge in [-0.1, -0.05) is 37.9 Å². The molecule has 1 saturated heterocycles. The minimum absolute atomic E-state index is 0.0215. The summed E-state index contributed by atoms with van der Waals surface area (Å²) in [4.78, 5) is 20.0. The van der Waals surface area contributed by atoms with Crippen LogP contribution in [0.1, 0.15) is 38.7 Å². The van der Waals surface area contributed by atoms with Crippen molar-refractivity contribution in [3.63, 3.8) is 0 Å². The summed E-state index contributed by atoms with van der Waals surface area (Å²) < 4.78 is 0. The number of halogens is 1. The van der Waals surface area contributed by atoms with Crippen LogP contribution in [0, 0.1) is 16.0 Å². The van der Waals surface area contributed by atoms with E-state index in [0.717, 1.165) is 43.7 Å². The van der Waals surface area contributed by atoms with Crippen molar-refractivity contribution >= 4 is 11.6 Å². The lowest BCUT2D eigenvalue weighted by Crippen LogP contribution is -2.41. The first kappa shape index (κ1) is 17.0. The summed E-state index contributed by atoms with van der Waals surface area (Å²) in [5, 5.41) is 12.1. The van der Waals surface area contributed by atoms with Crippen LogP contribution in [-0.4, -0.2) is 38.8 Å². The van der Waals surface area contributed by atoms with Gasteiger partial charge < -0.3 is 9.80 Å². The lowest BCUT2D eigenvalue weighted by molar-refractivity contribution is -0.438. The van der Waals surface area contributed by atoms with Gasteiger partial charge in [0.25, 0.3) is 5.70 Å². The molecule has 0 radical (unpaired) electrons. The van der Waals surface area contributed by atoms with Gasteiger partial charge in [-0.3, -0.25) is 10.1 Å². The minimum atomic E-state index is -0.187. The molecule has 7 heteroatoms. The molecule has 0 N–H and O–H groups in total. The standard InChI is InChI=1S/C17H23ClN4O2/c1-3-4-14-9-12(2)16(22(23)24)17-20(7-8-21(14)17)11-13-5-6-15(18)19-10-13/h5-6,10,12,14H,3-4,7-9,11H2,1-2H3/t12-,14-/m1/s1. The molecule has 2 atom stereocenters. The van der Waals surface area contributed by atoms with E-state index in [9.17, 15) is 10.1 Å². The maximum atomic E-state index is 11.7. The minimum Gasteiger partial charge on any atom is -0.348 e. The van der Waals surface area contributed by atoms with Crippen LogP contribution in [0.25, 0.3) is 0 Å². The van der Waals surface area contributed by atoms with Crippen LogP contribution in [0.4, 0.5) is 0 Å². The van der Waals surface area contributed by atoms with Crippen molar-refractivity contribution < 1.29 is 4.92 Å². The highest BCUT2D eigenvalue weighted by atomic mass is 35.5. The van der Waals surface area contributed by atoms with E-state index in [2.05, 4.69) is 21.7 Å². The number of rotatable bonds is 5. The first-order valence-corrected chi connectivity index (χ1v) is 8.89. The molecular weight excluding hydrogens is 328 g/mol. The Morgan fingerprint density at radius 1 is 1.42 bits per heavy atom. The second-order valence-electron chi connectivity index (χ2n) is 6.65. The Morgan fingerprint density at radius 2 is 2.21 bits per heavy atom. The van der Waals surface area contributed by atoms with E-state index in [1.807, 2.05) is 13.0 Å². The first-order chi connectivity index (χ1) is 11.5. The van der Waals surface area contributed by atoms with Gasteiger partial charge in [-0.05, 0) is 24.5 Å². The molecule has 2 aliphatic heterocycles. The van der Waals surface area contributed by atoms with Gasteiger partial charge >= 0.3 is 0 Å². The van der Waals surface area contributed by atoms with Crippen molar-refractivity contribution in [2.75, 3.05) is 13.1 Å². The van der Waals surface area contributed by atoms with Gasteiger partial charge in [0, 0.05) is 31.9 Å². The van der Waals surface area contributed by atoms with E-state index in [0.29, 0.717) is 23.4 Å². The normalized spacial score (nSPS) is 23.6. The summed E-state index contributed by atoms with van der Waals surface area (Å²) in [5.74, 6) is 0.791. The lowest BCUT2D eigenvalue weighted by Gasteiger charge is -2.37. The Morgan fingerprint density at radius 3 is 2.83 bits per heavy atom. The van der Waals surface area contributed by atoms with Crippen molar-refractivity contribution in [3.05, 3.63) is 50.7 Å². The van der Waals surface area contributed by atoms with Crippen molar-refractivity contribution in [2.45, 2.75) is 45.7 Å². The van der Waals surface area contributed by atoms with Crippen molar-refractivity contribution in [1.82, 2.24) is 14.8 Å². The zero-order chi connectivity index (χ0) is 17.3. The van der Waals surface area contributed by atoms with Crippen molar-refractivity contribution in [3.8, 4) is 0 Å². The third-order valence-corrected chi connectivity index (χ3v) is 5.15. The average Bonchev–Trinajstić information content (AvgIpc) is 2.93. The third-order valence-electron chi connectivity index (χ3n) is 4.93. The van der Waals surface area contributed by atoms with Gasteiger partial charge in [-0.25, -0.2) is 4.98 Å². The molecule has 0 saturated carbocycles. The third kappa shape index (κ3) is 3.20. The van der Waals surface area contributed by atoms with Crippen molar-refractivity contribution in [1.29, 1.82) is 0 Å². The molecule has 130 valence electrons. The number of allylic oxidation sites excluding steroid dienone is 1. The molecule has 0 aliphatic carbocycles. The summed E-state index contributed by atoms with van der Waals surface area (Å²) in [7, 11) is 0. The summed E-state index contributed by atoms with van der Waals surface area (Å²) in [6, 6.07) is 4.09. The fourth-order valence-corrected chi connectivity index (χ4v) is 4.01. The highest BCUT2D eigenvalue weighted by Gasteiger charge is 2.44. The van der Waals surface area contributed by atoms with Crippen molar-refractivity contribution in [2.24, 2.45) is 5.92 Å². The summed E-state index contributed by atoms with van der Waals surface area (Å²) in [6.07, 6.45) is 4.78. The molecule has 2 aliphatic rings. The van der Waals surface area contributed by atoms with Gasteiger partial charge in [-0.15, -0.1) is 0 Å². The van der Waals surface area contributed by atoms with Crippen LogP contribution in [-0.2, 0) is 6.54 Å². The SMILES string of the molecule is CCC[C@@H]1C[C@@H](C)C([N+](=O)[O-])=C2N(Cc3ccc(Cl)nc3)CCN21. The molecule has 0 aromatic carbocycles. The summed E-state index contributed by atoms with van der Waals surface area (Å²) >= 11 is 5.85. The number of hydrogen-bond donors (Lipinski definition) is 0. The zero-order valence-corrected chi connectivity index (χ0v) is 14.9. The Kier molecular flexibility index (Phi) is 4.94. The van der Waals surface area contributed by atoms with Crippen LogP contribution in [0.15, 0.2) is 29.8 Å². The van der Waals surface area contributed by atoms with Gasteiger partial charge in [0.2, 0.25) is 0 Å². The van der Waals surface area contributed by atoms with E-state index in [1.165, 1.54) is 0 Å². The molecule has 1 fully saturated rings. The molecular formula is C17H23ClN4O2. The molecule has 0 bridgehead atoms. The Hall–Kier alpha value is -1.82. The van der Waals surface area contributed by atoms with E-state index in [4.69, 9.17) is 11.6 Å². The van der Waals surface area contributed by atoms with Gasteiger partial charge in [0.1, 0.15) is 5.15 Å². The highest BCUT2D eigenvalue weighted by molar-refractivity contribution is 6.29. The molecule has 24 heavy (non-hydrogen) atoms. The van der Waals surface area contributed by atoms with Crippen LogP contribution in [0.2, 0.25) is 5.15 Å². The van der Waals surface area contributed by atoms with E-state index < -0.39 is 0 Å². The Labute approximate surface area is 147 Å². The largest absolute Gasteiger partial charge is 0.348 e. The first-order valence-electron chi connectivity index (χ1n) is 8.51. The van der Waals surface area contributed by atoms with Gasteiger partial charge in [0.15, 0.2) is 5.82 Å². The van der Waals surface area contributed by atoms with Crippen LogP contribution < -0.4 is 0 Å². The van der Waals surface area contributed by atoms with Gasteiger partial charge in [0.05, 0.1) is 10.8 Å². The Balaban J connectivity index is 1.92. The molecule has 0 spiro atoms. The number of nitrogens with zero attached hydrogens (tertiary/aromatic N) is 4. The smallest absolute Gasteiger partial charge is 0.289 e. The highest BCUT2D eigenvalue weighted by Crippen LogP contribution is 2.38. The molecule has 1 aromatic rings. The number of aromatic nitrogens is 1. The van der Waals surface area contributed by atoms with E-state index in [-0.39, 0.29) is 10.8 Å². The maximum absolute atomic E-state index is 11.7. The maximum Gasteiger partial charge on any atom is 0.289 e. The zero-order valence-electron chi connectivity index (χ0n) is 14.1. The second-order valence-corrected chi connectivity index (χ2v) is 7.04. The molecule has 3 rings (SSSR count).